The number of nitrogens with zero attached hydrogens (tertiary/aromatic N) is 2. The molecule has 112 valence electrons. The molecule has 0 aliphatic heterocycles. The number of nitrogens with one attached hydrogen (secondary N) is 1. The zero-order valence-corrected chi connectivity index (χ0v) is 12.8. The number of benzene rings is 2. The van der Waals surface area contributed by atoms with E-state index >= 15 is 0 Å². The highest BCUT2D eigenvalue weighted by Gasteiger charge is 2.10. The first kappa shape index (κ1) is 14.3. The van der Waals surface area contributed by atoms with Gasteiger partial charge in [-0.2, -0.15) is 0 Å². The normalized spacial score (nSPS) is 10.9. The van der Waals surface area contributed by atoms with Gasteiger partial charge in [0.05, 0.1) is 12.3 Å². The third-order valence-corrected chi connectivity index (χ3v) is 3.37. The van der Waals surface area contributed by atoms with Crippen LogP contribution in [0.5, 0.6) is 5.75 Å². The minimum absolute atomic E-state index is 0.136. The Balaban J connectivity index is 1.96. The van der Waals surface area contributed by atoms with Gasteiger partial charge in [0, 0.05) is 24.5 Å². The van der Waals surface area contributed by atoms with E-state index in [4.69, 9.17) is 4.74 Å². The number of rotatable bonds is 5. The number of hydrogen-bond donors (Lipinski definition) is 1. The van der Waals surface area contributed by atoms with Crippen LogP contribution in [0.4, 0.5) is 5.82 Å². The van der Waals surface area contributed by atoms with Gasteiger partial charge in [-0.25, -0.2) is 4.98 Å². The minimum atomic E-state index is 0.136. The summed E-state index contributed by atoms with van der Waals surface area (Å²) in [5.41, 5.74) is 1.14. The number of anilines is 1. The summed E-state index contributed by atoms with van der Waals surface area (Å²) in [4.78, 5) is 8.32. The molecule has 22 heavy (non-hydrogen) atoms. The molecule has 0 saturated heterocycles. The van der Waals surface area contributed by atoms with Crippen LogP contribution >= 0.6 is 0 Å². The van der Waals surface area contributed by atoms with E-state index in [2.05, 4.69) is 33.5 Å². The Hall–Kier alpha value is -2.62. The van der Waals surface area contributed by atoms with Crippen LogP contribution in [-0.4, -0.2) is 16.1 Å². The lowest BCUT2D eigenvalue weighted by Gasteiger charge is -2.17. The lowest BCUT2D eigenvalue weighted by molar-refractivity contribution is 0.240. The van der Waals surface area contributed by atoms with Gasteiger partial charge >= 0.3 is 0 Å². The summed E-state index contributed by atoms with van der Waals surface area (Å²) in [5.74, 6) is 1.66. The zero-order chi connectivity index (χ0) is 15.4. The molecular formula is C18H19N3O. The Kier molecular flexibility index (Phi) is 4.19. The molecule has 0 saturated carbocycles. The average Bonchev–Trinajstić information content (AvgIpc) is 2.54. The van der Waals surface area contributed by atoms with Crippen LogP contribution in [0, 0.1) is 0 Å². The van der Waals surface area contributed by atoms with Crippen LogP contribution in [0.25, 0.3) is 10.8 Å². The van der Waals surface area contributed by atoms with E-state index in [1.807, 2.05) is 32.0 Å². The maximum absolute atomic E-state index is 5.97. The lowest BCUT2D eigenvalue weighted by Crippen LogP contribution is -2.10. The van der Waals surface area contributed by atoms with Gasteiger partial charge in [-0.05, 0) is 30.7 Å². The number of fused-ring (bicyclic) bond motifs is 1. The van der Waals surface area contributed by atoms with Gasteiger partial charge in [0.15, 0.2) is 0 Å². The van der Waals surface area contributed by atoms with Crippen molar-refractivity contribution in [2.45, 2.75) is 26.5 Å². The Morgan fingerprint density at radius 2 is 1.95 bits per heavy atom. The lowest BCUT2D eigenvalue weighted by atomic mass is 10.0. The van der Waals surface area contributed by atoms with Gasteiger partial charge in [0.25, 0.3) is 0 Å². The van der Waals surface area contributed by atoms with Gasteiger partial charge in [-0.15, -0.1) is 0 Å². The van der Waals surface area contributed by atoms with Crippen molar-refractivity contribution in [3.63, 3.8) is 0 Å². The van der Waals surface area contributed by atoms with E-state index in [-0.39, 0.29) is 6.10 Å². The summed E-state index contributed by atoms with van der Waals surface area (Å²) in [6, 6.07) is 12.5. The molecule has 4 heteroatoms. The molecule has 0 amide bonds. The van der Waals surface area contributed by atoms with Crippen LogP contribution in [0.1, 0.15) is 19.4 Å². The molecule has 4 nitrogen and oxygen atoms in total. The van der Waals surface area contributed by atoms with E-state index in [1.165, 1.54) is 10.8 Å². The first-order valence-electron chi connectivity index (χ1n) is 7.41. The highest BCUT2D eigenvalue weighted by molar-refractivity contribution is 5.88. The van der Waals surface area contributed by atoms with E-state index in [0.29, 0.717) is 6.54 Å². The van der Waals surface area contributed by atoms with Gasteiger partial charge in [-0.1, -0.05) is 30.3 Å². The third kappa shape index (κ3) is 3.17. The first-order chi connectivity index (χ1) is 10.7. The fourth-order valence-corrected chi connectivity index (χ4v) is 2.43. The predicted molar refractivity (Wildman–Crippen MR) is 89.1 cm³/mol. The highest BCUT2D eigenvalue weighted by atomic mass is 16.5. The maximum Gasteiger partial charge on any atom is 0.144 e. The molecule has 2 aromatic carbocycles. The monoisotopic (exact) mass is 293 g/mol. The number of hydrogen-bond acceptors (Lipinski definition) is 4. The smallest absolute Gasteiger partial charge is 0.144 e. The number of aromatic nitrogens is 2. The summed E-state index contributed by atoms with van der Waals surface area (Å²) < 4.78 is 5.97. The van der Waals surface area contributed by atoms with Crippen LogP contribution < -0.4 is 10.1 Å². The molecule has 3 aromatic rings. The summed E-state index contributed by atoms with van der Waals surface area (Å²) >= 11 is 0. The molecule has 0 radical (unpaired) electrons. The highest BCUT2D eigenvalue weighted by Crippen LogP contribution is 2.29. The Morgan fingerprint density at radius 3 is 2.73 bits per heavy atom. The summed E-state index contributed by atoms with van der Waals surface area (Å²) in [6.45, 7) is 4.71. The Bertz CT molecular complexity index is 757. The van der Waals surface area contributed by atoms with E-state index < -0.39 is 0 Å². The second kappa shape index (κ2) is 6.43. The molecule has 0 bridgehead atoms. The Labute approximate surface area is 130 Å². The standard InChI is InChI=1S/C18H19N3O/c1-13(2)22-17-8-7-14-5-3-4-6-15(14)16(17)11-21-18-12-19-9-10-20-18/h3-10,12-13H,11H2,1-2H3,(H,20,21). The molecule has 1 aromatic heterocycles. The van der Waals surface area contributed by atoms with Crippen molar-refractivity contribution in [2.24, 2.45) is 0 Å². The molecule has 0 spiro atoms. The van der Waals surface area contributed by atoms with Crippen LogP contribution in [0.2, 0.25) is 0 Å². The molecule has 0 unspecified atom stereocenters. The number of ether oxygens (including phenoxy) is 1. The largest absolute Gasteiger partial charge is 0.491 e. The van der Waals surface area contributed by atoms with Crippen molar-refractivity contribution in [3.05, 3.63) is 60.6 Å². The Morgan fingerprint density at radius 1 is 1.09 bits per heavy atom. The fraction of sp³-hybridized carbons (Fsp3) is 0.222. The molecule has 1 N–H and O–H groups in total. The second-order valence-electron chi connectivity index (χ2n) is 5.37. The summed E-state index contributed by atoms with van der Waals surface area (Å²) in [6.07, 6.45) is 5.19. The predicted octanol–water partition coefficient (Wildman–Crippen LogP) is 4.03. The van der Waals surface area contributed by atoms with Crippen LogP contribution in [0.3, 0.4) is 0 Å². The van der Waals surface area contributed by atoms with Crippen molar-refractivity contribution in [2.75, 3.05) is 5.32 Å². The van der Waals surface area contributed by atoms with Gasteiger partial charge < -0.3 is 10.1 Å². The molecule has 0 atom stereocenters. The van der Waals surface area contributed by atoms with E-state index in [1.54, 1.807) is 18.6 Å². The zero-order valence-electron chi connectivity index (χ0n) is 12.8. The van der Waals surface area contributed by atoms with Crippen molar-refractivity contribution >= 4 is 16.6 Å². The molecule has 0 aliphatic rings. The minimum Gasteiger partial charge on any atom is -0.491 e. The van der Waals surface area contributed by atoms with E-state index in [9.17, 15) is 0 Å². The second-order valence-corrected chi connectivity index (χ2v) is 5.37. The molecule has 1 heterocycles. The fourth-order valence-electron chi connectivity index (χ4n) is 2.43. The van der Waals surface area contributed by atoms with E-state index in [0.717, 1.165) is 17.1 Å². The summed E-state index contributed by atoms with van der Waals surface area (Å²) in [5, 5.41) is 5.71. The third-order valence-electron chi connectivity index (χ3n) is 3.37. The first-order valence-corrected chi connectivity index (χ1v) is 7.41. The van der Waals surface area contributed by atoms with Crippen molar-refractivity contribution in [1.29, 1.82) is 0 Å². The molecule has 3 rings (SSSR count). The maximum atomic E-state index is 5.97. The average molecular weight is 293 g/mol. The van der Waals surface area contributed by atoms with Crippen molar-refractivity contribution < 1.29 is 4.74 Å². The van der Waals surface area contributed by atoms with Crippen LogP contribution in [0.15, 0.2) is 55.0 Å². The van der Waals surface area contributed by atoms with Gasteiger partial charge in [0.2, 0.25) is 0 Å². The molecular weight excluding hydrogens is 274 g/mol. The quantitative estimate of drug-likeness (QED) is 0.771. The SMILES string of the molecule is CC(C)Oc1ccc2ccccc2c1CNc1cnccn1. The van der Waals surface area contributed by atoms with Gasteiger partial charge in [-0.3, -0.25) is 4.98 Å². The van der Waals surface area contributed by atoms with Crippen molar-refractivity contribution in [1.82, 2.24) is 9.97 Å². The van der Waals surface area contributed by atoms with Gasteiger partial charge in [0.1, 0.15) is 11.6 Å². The van der Waals surface area contributed by atoms with Crippen LogP contribution in [-0.2, 0) is 6.54 Å². The topological polar surface area (TPSA) is 47.0 Å². The molecule has 0 fully saturated rings. The van der Waals surface area contributed by atoms with Crippen molar-refractivity contribution in [3.8, 4) is 5.75 Å². The summed E-state index contributed by atoms with van der Waals surface area (Å²) in [7, 11) is 0. The molecule has 0 aliphatic carbocycles.